The molecule has 0 aliphatic heterocycles. The summed E-state index contributed by atoms with van der Waals surface area (Å²) in [6.45, 7) is 6.66. The molecule has 2 rings (SSSR count). The Kier molecular flexibility index (Phi) is 6.99. The van der Waals surface area contributed by atoms with Crippen LogP contribution in [0.1, 0.15) is 66.7 Å². The number of esters is 4. The van der Waals surface area contributed by atoms with Crippen molar-refractivity contribution in [1.82, 2.24) is 4.98 Å². The van der Waals surface area contributed by atoms with Crippen LogP contribution < -0.4 is 4.74 Å². The molecule has 1 heterocycles. The van der Waals surface area contributed by atoms with E-state index in [0.29, 0.717) is 11.3 Å². The van der Waals surface area contributed by atoms with Gasteiger partial charge in [0.05, 0.1) is 37.0 Å². The van der Waals surface area contributed by atoms with E-state index < -0.39 is 23.9 Å². The van der Waals surface area contributed by atoms with Crippen LogP contribution in [0, 0.1) is 13.8 Å². The average molecular weight is 417 g/mol. The van der Waals surface area contributed by atoms with Crippen molar-refractivity contribution in [2.75, 3.05) is 14.2 Å². The van der Waals surface area contributed by atoms with Gasteiger partial charge in [0.2, 0.25) is 0 Å². The number of methoxy groups -OCH3 is 2. The number of benzene rings is 1. The number of aryl methyl sites for hydroxylation is 1. The van der Waals surface area contributed by atoms with Crippen LogP contribution in [0.4, 0.5) is 0 Å². The van der Waals surface area contributed by atoms with E-state index in [4.69, 9.17) is 9.47 Å². The topological polar surface area (TPSA) is 121 Å². The maximum Gasteiger partial charge on any atom is 0.360 e. The lowest BCUT2D eigenvalue weighted by atomic mass is 10.1. The van der Waals surface area contributed by atoms with Crippen LogP contribution in [0.2, 0.25) is 0 Å². The Morgan fingerprint density at radius 1 is 0.833 bits per heavy atom. The fraction of sp³-hybridized carbons (Fsp3) is 0.333. The first kappa shape index (κ1) is 22.7. The van der Waals surface area contributed by atoms with Crippen molar-refractivity contribution in [2.24, 2.45) is 0 Å². The van der Waals surface area contributed by atoms with Gasteiger partial charge in [-0.25, -0.2) is 19.2 Å². The SMILES string of the molecule is COC(=O)c1cc(OC(=O)c2[nH]c(C)c(C(=O)OC(C)C)c2C)cc(C(=O)OC)c1. The summed E-state index contributed by atoms with van der Waals surface area (Å²) in [5.41, 5.74) is 1.11. The first-order chi connectivity index (χ1) is 14.1. The molecule has 1 aromatic carbocycles. The largest absolute Gasteiger partial charge is 0.465 e. The number of carbonyl (C=O) groups excluding carboxylic acids is 4. The van der Waals surface area contributed by atoms with Crippen molar-refractivity contribution >= 4 is 23.9 Å². The third-order valence-electron chi connectivity index (χ3n) is 4.15. The second-order valence-electron chi connectivity index (χ2n) is 6.70. The van der Waals surface area contributed by atoms with Gasteiger partial charge in [-0.15, -0.1) is 0 Å². The molecule has 0 bridgehead atoms. The quantitative estimate of drug-likeness (QED) is 0.433. The molecule has 0 radical (unpaired) electrons. The molecule has 1 N–H and O–H groups in total. The summed E-state index contributed by atoms with van der Waals surface area (Å²) in [4.78, 5) is 51.6. The Morgan fingerprint density at radius 3 is 1.83 bits per heavy atom. The molecule has 9 nitrogen and oxygen atoms in total. The van der Waals surface area contributed by atoms with Crippen molar-refractivity contribution in [3.63, 3.8) is 0 Å². The molecule has 0 spiro atoms. The first-order valence-electron chi connectivity index (χ1n) is 9.03. The van der Waals surface area contributed by atoms with Crippen LogP contribution in [0.15, 0.2) is 18.2 Å². The second-order valence-corrected chi connectivity index (χ2v) is 6.70. The molecule has 0 atom stereocenters. The highest BCUT2D eigenvalue weighted by molar-refractivity contribution is 6.00. The molecule has 160 valence electrons. The standard InChI is InChI=1S/C21H23NO8/c1-10(2)29-20(25)16-11(3)17(22-12(16)4)21(26)30-15-8-13(18(23)27-5)7-14(9-15)19(24)28-6/h7-10,22H,1-6H3. The number of ether oxygens (including phenoxy) is 4. The number of hydrogen-bond acceptors (Lipinski definition) is 8. The lowest BCUT2D eigenvalue weighted by Crippen LogP contribution is -2.14. The normalized spacial score (nSPS) is 10.5. The van der Waals surface area contributed by atoms with Crippen LogP contribution in [-0.2, 0) is 14.2 Å². The Morgan fingerprint density at radius 2 is 1.37 bits per heavy atom. The number of carbonyl (C=O) groups is 4. The number of aromatic amines is 1. The van der Waals surface area contributed by atoms with Crippen LogP contribution in [0.25, 0.3) is 0 Å². The van der Waals surface area contributed by atoms with Gasteiger partial charge in [-0.1, -0.05) is 0 Å². The molecular formula is C21H23NO8. The zero-order valence-corrected chi connectivity index (χ0v) is 17.6. The fourth-order valence-corrected chi connectivity index (χ4v) is 2.82. The van der Waals surface area contributed by atoms with E-state index in [2.05, 4.69) is 14.5 Å². The molecule has 2 aromatic rings. The van der Waals surface area contributed by atoms with Gasteiger partial charge in [0, 0.05) is 5.69 Å². The lowest BCUT2D eigenvalue weighted by molar-refractivity contribution is 0.0375. The van der Waals surface area contributed by atoms with E-state index >= 15 is 0 Å². The summed E-state index contributed by atoms with van der Waals surface area (Å²) in [5.74, 6) is -2.87. The predicted octanol–water partition coefficient (Wildman–Crippen LogP) is 2.99. The van der Waals surface area contributed by atoms with E-state index in [-0.39, 0.29) is 34.2 Å². The molecular weight excluding hydrogens is 394 g/mol. The maximum atomic E-state index is 12.7. The van der Waals surface area contributed by atoms with Crippen LogP contribution in [0.5, 0.6) is 5.75 Å². The van der Waals surface area contributed by atoms with Gasteiger partial charge >= 0.3 is 23.9 Å². The summed E-state index contributed by atoms with van der Waals surface area (Å²) < 4.78 is 19.9. The first-order valence-corrected chi connectivity index (χ1v) is 9.03. The van der Waals surface area contributed by atoms with Gasteiger partial charge in [-0.2, -0.15) is 0 Å². The highest BCUT2D eigenvalue weighted by Crippen LogP contribution is 2.24. The van der Waals surface area contributed by atoms with E-state index in [1.165, 1.54) is 32.4 Å². The number of hydrogen-bond donors (Lipinski definition) is 1. The third kappa shape index (κ3) is 4.86. The van der Waals surface area contributed by atoms with Crippen LogP contribution in [0.3, 0.4) is 0 Å². The van der Waals surface area contributed by atoms with Crippen molar-refractivity contribution in [1.29, 1.82) is 0 Å². The minimum atomic E-state index is -0.808. The molecule has 0 aliphatic rings. The van der Waals surface area contributed by atoms with E-state index in [9.17, 15) is 19.2 Å². The smallest absolute Gasteiger partial charge is 0.360 e. The number of rotatable bonds is 6. The molecule has 0 unspecified atom stereocenters. The average Bonchev–Trinajstić information content (AvgIpc) is 3.00. The highest BCUT2D eigenvalue weighted by Gasteiger charge is 2.25. The van der Waals surface area contributed by atoms with Gasteiger partial charge in [-0.05, 0) is 51.5 Å². The molecule has 0 fully saturated rings. The fourth-order valence-electron chi connectivity index (χ4n) is 2.82. The zero-order chi connectivity index (χ0) is 22.6. The molecule has 1 aromatic heterocycles. The molecule has 9 heteroatoms. The lowest BCUT2D eigenvalue weighted by Gasteiger charge is -2.09. The molecule has 30 heavy (non-hydrogen) atoms. The summed E-state index contributed by atoms with van der Waals surface area (Å²) in [6.07, 6.45) is -0.320. The Hall–Kier alpha value is -3.62. The van der Waals surface area contributed by atoms with Gasteiger partial charge in [0.1, 0.15) is 11.4 Å². The van der Waals surface area contributed by atoms with E-state index in [0.717, 1.165) is 0 Å². The summed E-state index contributed by atoms with van der Waals surface area (Å²) >= 11 is 0. The number of nitrogens with one attached hydrogen (secondary N) is 1. The van der Waals surface area contributed by atoms with Crippen molar-refractivity contribution in [3.05, 3.63) is 51.8 Å². The minimum absolute atomic E-state index is 0.00351. The van der Waals surface area contributed by atoms with Crippen LogP contribution in [-0.4, -0.2) is 49.2 Å². The van der Waals surface area contributed by atoms with Gasteiger partial charge in [0.15, 0.2) is 0 Å². The van der Waals surface area contributed by atoms with E-state index in [1.807, 2.05) is 0 Å². The van der Waals surface area contributed by atoms with E-state index in [1.54, 1.807) is 27.7 Å². The summed E-state index contributed by atoms with van der Waals surface area (Å²) in [7, 11) is 2.36. The monoisotopic (exact) mass is 417 g/mol. The second kappa shape index (κ2) is 9.25. The third-order valence-corrected chi connectivity index (χ3v) is 4.15. The van der Waals surface area contributed by atoms with Crippen LogP contribution >= 0.6 is 0 Å². The minimum Gasteiger partial charge on any atom is -0.465 e. The molecule has 0 saturated carbocycles. The van der Waals surface area contributed by atoms with Crippen molar-refractivity contribution < 1.29 is 38.1 Å². The van der Waals surface area contributed by atoms with Crippen molar-refractivity contribution in [2.45, 2.75) is 33.8 Å². The van der Waals surface area contributed by atoms with Gasteiger partial charge in [0.25, 0.3) is 0 Å². The Balaban J connectivity index is 2.39. The maximum absolute atomic E-state index is 12.7. The molecule has 0 saturated heterocycles. The predicted molar refractivity (Wildman–Crippen MR) is 105 cm³/mol. The Labute approximate surface area is 173 Å². The summed E-state index contributed by atoms with van der Waals surface area (Å²) in [6, 6.07) is 3.78. The van der Waals surface area contributed by atoms with Gasteiger partial charge < -0.3 is 23.9 Å². The summed E-state index contributed by atoms with van der Waals surface area (Å²) in [5, 5.41) is 0. The molecule has 0 aliphatic carbocycles. The van der Waals surface area contributed by atoms with Gasteiger partial charge in [-0.3, -0.25) is 0 Å². The number of H-pyrrole nitrogens is 1. The number of aromatic nitrogens is 1. The molecule has 0 amide bonds. The Bertz CT molecular complexity index is 968. The zero-order valence-electron chi connectivity index (χ0n) is 17.6. The highest BCUT2D eigenvalue weighted by atomic mass is 16.5. The van der Waals surface area contributed by atoms with Crippen molar-refractivity contribution in [3.8, 4) is 5.75 Å².